The van der Waals surface area contributed by atoms with Gasteiger partial charge in [-0.3, -0.25) is 19.2 Å². The van der Waals surface area contributed by atoms with Gasteiger partial charge in [0, 0.05) is 27.7 Å². The Morgan fingerprint density at radius 1 is 0.939 bits per heavy atom. The quantitative estimate of drug-likeness (QED) is 0.402. The number of aromatic carboxylic acids is 1. The molecule has 1 saturated heterocycles. The van der Waals surface area contributed by atoms with Crippen molar-refractivity contribution in [1.29, 1.82) is 0 Å². The van der Waals surface area contributed by atoms with Crippen LogP contribution >= 0.6 is 0 Å². The van der Waals surface area contributed by atoms with Crippen LogP contribution in [0.15, 0.2) is 24.3 Å². The van der Waals surface area contributed by atoms with E-state index in [1.165, 1.54) is 31.2 Å². The van der Waals surface area contributed by atoms with E-state index >= 15 is 0 Å². The smallest absolute Gasteiger partial charge is 0.339 e. The predicted molar refractivity (Wildman–Crippen MR) is 108 cm³/mol. The number of nitrogens with one attached hydrogen (secondary N) is 1. The molecule has 2 rings (SSSR count). The van der Waals surface area contributed by atoms with Gasteiger partial charge >= 0.3 is 23.9 Å². The van der Waals surface area contributed by atoms with Crippen molar-refractivity contribution in [3.63, 3.8) is 0 Å². The summed E-state index contributed by atoms with van der Waals surface area (Å²) < 4.78 is 27.2. The van der Waals surface area contributed by atoms with Gasteiger partial charge in [0.15, 0.2) is 12.2 Å². The van der Waals surface area contributed by atoms with Crippen LogP contribution in [0.3, 0.4) is 0 Å². The number of benzene rings is 1. The summed E-state index contributed by atoms with van der Waals surface area (Å²) in [5.74, 6) is -4.08. The van der Waals surface area contributed by atoms with Crippen LogP contribution in [0.4, 0.5) is 0 Å². The lowest BCUT2D eigenvalue weighted by molar-refractivity contribution is -0.257. The number of esters is 3. The third-order valence-electron chi connectivity index (χ3n) is 4.43. The highest BCUT2D eigenvalue weighted by molar-refractivity contribution is 5.90. The molecule has 180 valence electrons. The van der Waals surface area contributed by atoms with E-state index in [1.807, 2.05) is 0 Å². The number of carbonyl (C=O) groups excluding carboxylic acids is 4. The Morgan fingerprint density at radius 3 is 2.09 bits per heavy atom. The second-order valence-corrected chi connectivity index (χ2v) is 7.14. The van der Waals surface area contributed by atoms with E-state index in [2.05, 4.69) is 5.32 Å². The normalized spacial score (nSPS) is 24.2. The van der Waals surface area contributed by atoms with Gasteiger partial charge in [0.1, 0.15) is 30.1 Å². The molecule has 0 bridgehead atoms. The highest BCUT2D eigenvalue weighted by atomic mass is 16.7. The van der Waals surface area contributed by atoms with Crippen molar-refractivity contribution < 1.29 is 52.8 Å². The van der Waals surface area contributed by atoms with Crippen LogP contribution in [0.2, 0.25) is 0 Å². The van der Waals surface area contributed by atoms with E-state index in [4.69, 9.17) is 23.7 Å². The molecule has 1 aliphatic rings. The standard InChI is InChI=1S/C21H25NO11/c1-10(23)22-17-19(31-13(4)26)18(30-12(3)25)16(9-29-11(2)24)33-21(17)32-15-8-6-5-7-14(15)20(27)28/h5-8,16-19,21H,9H2,1-4H3,(H,22,23)(H,27,28)/t16-,17-,18+,19+,21+/m0/s1. The van der Waals surface area contributed by atoms with Crippen molar-refractivity contribution in [2.24, 2.45) is 0 Å². The summed E-state index contributed by atoms with van der Waals surface area (Å²) in [5, 5.41) is 12.0. The summed E-state index contributed by atoms with van der Waals surface area (Å²) in [6.07, 6.45) is -5.18. The summed E-state index contributed by atoms with van der Waals surface area (Å²) in [5.41, 5.74) is -0.189. The SMILES string of the molecule is CC(=O)N[C@@H]1[C@H](Oc2ccccc2C(=O)O)O[C@@H](COC(C)=O)[C@@H](OC(C)=O)[C@@H]1OC(C)=O. The second kappa shape index (κ2) is 11.3. The van der Waals surface area contributed by atoms with Crippen LogP contribution in [-0.2, 0) is 38.1 Å². The molecule has 0 saturated carbocycles. The predicted octanol–water partition coefficient (Wildman–Crippen LogP) is 0.420. The van der Waals surface area contributed by atoms with Crippen molar-refractivity contribution in [2.75, 3.05) is 6.61 Å². The Balaban J connectivity index is 2.51. The van der Waals surface area contributed by atoms with E-state index in [-0.39, 0.29) is 11.3 Å². The van der Waals surface area contributed by atoms with Crippen molar-refractivity contribution in [1.82, 2.24) is 5.32 Å². The first-order chi connectivity index (χ1) is 15.5. The minimum atomic E-state index is -1.41. The molecular formula is C21H25NO11. The number of carboxylic acids is 1. The van der Waals surface area contributed by atoms with Gasteiger partial charge in [0.05, 0.1) is 0 Å². The summed E-state index contributed by atoms with van der Waals surface area (Å²) in [6.45, 7) is 4.18. The average molecular weight is 467 g/mol. The van der Waals surface area contributed by atoms with Gasteiger partial charge in [-0.2, -0.15) is 0 Å². The topological polar surface area (TPSA) is 164 Å². The fourth-order valence-corrected chi connectivity index (χ4v) is 3.26. The van der Waals surface area contributed by atoms with Crippen LogP contribution in [0.1, 0.15) is 38.1 Å². The molecule has 1 heterocycles. The lowest BCUT2D eigenvalue weighted by atomic mass is 9.96. The Kier molecular flexibility index (Phi) is 8.74. The molecule has 0 aromatic heterocycles. The molecule has 0 unspecified atom stereocenters. The zero-order valence-corrected chi connectivity index (χ0v) is 18.4. The Bertz CT molecular complexity index is 915. The molecule has 1 aromatic rings. The van der Waals surface area contributed by atoms with Crippen molar-refractivity contribution in [3.8, 4) is 5.75 Å². The van der Waals surface area contributed by atoms with E-state index in [9.17, 15) is 29.1 Å². The summed E-state index contributed by atoms with van der Waals surface area (Å²) >= 11 is 0. The van der Waals surface area contributed by atoms with E-state index in [0.29, 0.717) is 0 Å². The van der Waals surface area contributed by atoms with Crippen LogP contribution in [-0.4, -0.2) is 72.1 Å². The molecule has 0 aliphatic carbocycles. The Hall–Kier alpha value is -3.67. The monoisotopic (exact) mass is 467 g/mol. The maximum Gasteiger partial charge on any atom is 0.339 e. The molecule has 1 fully saturated rings. The molecule has 1 amide bonds. The number of carboxylic acid groups (broad SMARTS) is 1. The van der Waals surface area contributed by atoms with Gasteiger partial charge in [-0.15, -0.1) is 0 Å². The molecule has 12 nitrogen and oxygen atoms in total. The number of hydrogen-bond donors (Lipinski definition) is 2. The summed E-state index contributed by atoms with van der Waals surface area (Å²) in [6, 6.07) is 4.48. The highest BCUT2D eigenvalue weighted by Gasteiger charge is 2.52. The number of carbonyl (C=O) groups is 5. The Morgan fingerprint density at radius 2 is 1.55 bits per heavy atom. The highest BCUT2D eigenvalue weighted by Crippen LogP contribution is 2.30. The number of rotatable bonds is 8. The largest absolute Gasteiger partial charge is 0.478 e. The zero-order valence-electron chi connectivity index (χ0n) is 18.4. The lowest BCUT2D eigenvalue weighted by Gasteiger charge is -2.44. The van der Waals surface area contributed by atoms with Crippen LogP contribution in [0, 0.1) is 0 Å². The zero-order chi connectivity index (χ0) is 24.7. The van der Waals surface area contributed by atoms with Crippen molar-refractivity contribution in [2.45, 2.75) is 58.3 Å². The molecule has 2 N–H and O–H groups in total. The number of hydrogen-bond acceptors (Lipinski definition) is 10. The van der Waals surface area contributed by atoms with Crippen LogP contribution in [0.5, 0.6) is 5.75 Å². The minimum Gasteiger partial charge on any atom is -0.478 e. The molecule has 33 heavy (non-hydrogen) atoms. The first kappa shape index (κ1) is 25.6. The molecule has 1 aromatic carbocycles. The van der Waals surface area contributed by atoms with Crippen LogP contribution < -0.4 is 10.1 Å². The fraction of sp³-hybridized carbons (Fsp3) is 0.476. The maximum atomic E-state index is 11.9. The average Bonchev–Trinajstić information content (AvgIpc) is 2.70. The summed E-state index contributed by atoms with van der Waals surface area (Å²) in [7, 11) is 0. The maximum absolute atomic E-state index is 11.9. The number of amides is 1. The first-order valence-electron chi connectivity index (χ1n) is 9.89. The molecule has 1 aliphatic heterocycles. The third kappa shape index (κ3) is 7.17. The van der Waals surface area contributed by atoms with Gasteiger partial charge in [0.2, 0.25) is 12.2 Å². The lowest BCUT2D eigenvalue weighted by Crippen LogP contribution is -2.67. The minimum absolute atomic E-state index is 0.0934. The molecule has 0 spiro atoms. The van der Waals surface area contributed by atoms with Gasteiger partial charge in [-0.25, -0.2) is 4.79 Å². The van der Waals surface area contributed by atoms with Gasteiger partial charge in [-0.1, -0.05) is 12.1 Å². The molecule has 5 atom stereocenters. The van der Waals surface area contributed by atoms with Gasteiger partial charge in [0.25, 0.3) is 0 Å². The molecular weight excluding hydrogens is 442 g/mol. The van der Waals surface area contributed by atoms with E-state index < -0.39 is 67.0 Å². The number of ether oxygens (including phenoxy) is 5. The van der Waals surface area contributed by atoms with Gasteiger partial charge in [-0.05, 0) is 12.1 Å². The van der Waals surface area contributed by atoms with Crippen molar-refractivity contribution >= 4 is 29.8 Å². The first-order valence-corrected chi connectivity index (χ1v) is 9.89. The third-order valence-corrected chi connectivity index (χ3v) is 4.43. The second-order valence-electron chi connectivity index (χ2n) is 7.14. The molecule has 12 heteroatoms. The summed E-state index contributed by atoms with van der Waals surface area (Å²) in [4.78, 5) is 58.4. The Labute approximate surface area is 189 Å². The van der Waals surface area contributed by atoms with Gasteiger partial charge < -0.3 is 34.1 Å². The van der Waals surface area contributed by atoms with E-state index in [0.717, 1.165) is 20.8 Å². The number of para-hydroxylation sites is 1. The van der Waals surface area contributed by atoms with E-state index in [1.54, 1.807) is 0 Å². The molecule has 0 radical (unpaired) electrons. The van der Waals surface area contributed by atoms with Crippen molar-refractivity contribution in [3.05, 3.63) is 29.8 Å². The van der Waals surface area contributed by atoms with Crippen LogP contribution in [0.25, 0.3) is 0 Å². The fourth-order valence-electron chi connectivity index (χ4n) is 3.26.